The second-order valence-corrected chi connectivity index (χ2v) is 7.41. The molecule has 4 aromatic heterocycles. The quantitative estimate of drug-likeness (QED) is 0.472. The fraction of sp³-hybridized carbons (Fsp3) is 0.0909. The Labute approximate surface area is 170 Å². The molecule has 4 heterocycles. The molecule has 6 nitrogen and oxygen atoms in total. The van der Waals surface area contributed by atoms with Gasteiger partial charge in [-0.15, -0.1) is 0 Å². The molecule has 0 radical (unpaired) electrons. The predicted molar refractivity (Wildman–Crippen MR) is 115 cm³/mol. The fourth-order valence-corrected chi connectivity index (χ4v) is 3.80. The maximum Gasteiger partial charge on any atom is 0.249 e. The molecule has 0 fully saturated rings. The highest BCUT2D eigenvalue weighted by atomic mass is 35.5. The first-order valence-corrected chi connectivity index (χ1v) is 9.47. The third kappa shape index (κ3) is 2.98. The van der Waals surface area contributed by atoms with Crippen molar-refractivity contribution in [3.63, 3.8) is 0 Å². The van der Waals surface area contributed by atoms with E-state index in [1.165, 1.54) is 6.07 Å². The lowest BCUT2D eigenvalue weighted by atomic mass is 9.98. The fourth-order valence-electron chi connectivity index (χ4n) is 3.54. The van der Waals surface area contributed by atoms with E-state index in [-0.39, 0.29) is 5.56 Å². The molecular formula is C22H16ClN5O. The van der Waals surface area contributed by atoms with E-state index in [4.69, 9.17) is 16.6 Å². The van der Waals surface area contributed by atoms with E-state index in [0.29, 0.717) is 22.1 Å². The zero-order valence-corrected chi connectivity index (χ0v) is 16.5. The van der Waals surface area contributed by atoms with E-state index >= 15 is 0 Å². The van der Waals surface area contributed by atoms with Gasteiger partial charge in [0.2, 0.25) is 5.56 Å². The molecule has 0 atom stereocenters. The van der Waals surface area contributed by atoms with Gasteiger partial charge in [-0.25, -0.2) is 4.98 Å². The van der Waals surface area contributed by atoms with Crippen LogP contribution in [0.4, 0.5) is 0 Å². The standard InChI is InChI=1S/C22H16ClN5O/c1-12-5-7-24-20-15(12)10-14(11-17(20)23)16-9-13-3-4-19(29)25-22(13)26-21(16)18-6-8-28(2)27-18/h3-11H,1-2H3,(H,25,26,29). The van der Waals surface area contributed by atoms with Crippen molar-refractivity contribution in [2.45, 2.75) is 6.92 Å². The summed E-state index contributed by atoms with van der Waals surface area (Å²) in [4.78, 5) is 23.7. The van der Waals surface area contributed by atoms with Crippen molar-refractivity contribution in [2.24, 2.45) is 7.05 Å². The van der Waals surface area contributed by atoms with Gasteiger partial charge in [-0.2, -0.15) is 5.10 Å². The van der Waals surface area contributed by atoms with Gasteiger partial charge in [-0.3, -0.25) is 14.5 Å². The molecule has 0 aliphatic rings. The summed E-state index contributed by atoms with van der Waals surface area (Å²) in [5.41, 5.74) is 5.39. The van der Waals surface area contributed by atoms with Crippen molar-refractivity contribution in [3.8, 4) is 22.5 Å². The summed E-state index contributed by atoms with van der Waals surface area (Å²) in [6.07, 6.45) is 3.62. The lowest BCUT2D eigenvalue weighted by Gasteiger charge is -2.12. The van der Waals surface area contributed by atoms with Crippen LogP contribution < -0.4 is 5.56 Å². The average Bonchev–Trinajstić information content (AvgIpc) is 3.14. The number of H-pyrrole nitrogens is 1. The molecule has 0 aliphatic heterocycles. The van der Waals surface area contributed by atoms with Gasteiger partial charge in [0.05, 0.1) is 10.5 Å². The van der Waals surface area contributed by atoms with Crippen LogP contribution in [0.2, 0.25) is 5.02 Å². The largest absolute Gasteiger partial charge is 0.307 e. The minimum atomic E-state index is -0.194. The highest BCUT2D eigenvalue weighted by molar-refractivity contribution is 6.35. The number of aryl methyl sites for hydroxylation is 2. The highest BCUT2D eigenvalue weighted by Crippen LogP contribution is 2.36. The molecule has 0 amide bonds. The van der Waals surface area contributed by atoms with E-state index in [9.17, 15) is 4.79 Å². The molecule has 5 aromatic rings. The molecule has 142 valence electrons. The third-order valence-electron chi connectivity index (χ3n) is 4.99. The number of fused-ring (bicyclic) bond motifs is 2. The second-order valence-electron chi connectivity index (χ2n) is 7.00. The molecule has 0 spiro atoms. The lowest BCUT2D eigenvalue weighted by molar-refractivity contribution is 0.770. The smallest absolute Gasteiger partial charge is 0.249 e. The van der Waals surface area contributed by atoms with Gasteiger partial charge >= 0.3 is 0 Å². The zero-order valence-electron chi connectivity index (χ0n) is 15.8. The van der Waals surface area contributed by atoms with Gasteiger partial charge in [0.1, 0.15) is 17.0 Å². The number of benzene rings is 1. The zero-order chi connectivity index (χ0) is 20.1. The van der Waals surface area contributed by atoms with Crippen molar-refractivity contribution in [1.29, 1.82) is 0 Å². The number of rotatable bonds is 2. The number of aromatic nitrogens is 5. The minimum absolute atomic E-state index is 0.194. The molecule has 0 saturated heterocycles. The molecule has 7 heteroatoms. The Morgan fingerprint density at radius 1 is 1.10 bits per heavy atom. The maximum atomic E-state index is 11.8. The number of hydrogen-bond donors (Lipinski definition) is 1. The average molecular weight is 402 g/mol. The number of halogens is 1. The number of nitrogens with zero attached hydrogens (tertiary/aromatic N) is 4. The summed E-state index contributed by atoms with van der Waals surface area (Å²) in [5.74, 6) is 0. The monoisotopic (exact) mass is 401 g/mol. The number of hydrogen-bond acceptors (Lipinski definition) is 4. The first-order valence-electron chi connectivity index (χ1n) is 9.09. The van der Waals surface area contributed by atoms with Crippen LogP contribution in [-0.4, -0.2) is 24.7 Å². The van der Waals surface area contributed by atoms with Gasteiger partial charge in [0.25, 0.3) is 0 Å². The normalized spacial score (nSPS) is 11.4. The van der Waals surface area contributed by atoms with Gasteiger partial charge < -0.3 is 4.98 Å². The summed E-state index contributed by atoms with van der Waals surface area (Å²) < 4.78 is 1.72. The van der Waals surface area contributed by atoms with Crippen LogP contribution >= 0.6 is 11.6 Å². The Morgan fingerprint density at radius 2 is 1.97 bits per heavy atom. The Bertz CT molecular complexity index is 1470. The Morgan fingerprint density at radius 3 is 2.76 bits per heavy atom. The molecule has 0 unspecified atom stereocenters. The van der Waals surface area contributed by atoms with Crippen molar-refractivity contribution in [2.75, 3.05) is 0 Å². The SMILES string of the molecule is Cc1ccnc2c(Cl)cc(-c3cc4ccc(=O)[nH]c4nc3-c3ccn(C)n3)cc12. The third-order valence-corrected chi connectivity index (χ3v) is 5.28. The Kier molecular flexibility index (Phi) is 3.96. The van der Waals surface area contributed by atoms with Gasteiger partial charge in [0.15, 0.2) is 0 Å². The molecule has 0 saturated carbocycles. The molecule has 1 N–H and O–H groups in total. The molecule has 0 bridgehead atoms. The van der Waals surface area contributed by atoms with E-state index in [0.717, 1.165) is 33.0 Å². The predicted octanol–water partition coefficient (Wildman–Crippen LogP) is 4.50. The summed E-state index contributed by atoms with van der Waals surface area (Å²) in [5, 5.41) is 6.92. The van der Waals surface area contributed by atoms with E-state index < -0.39 is 0 Å². The summed E-state index contributed by atoms with van der Waals surface area (Å²) in [7, 11) is 1.86. The van der Waals surface area contributed by atoms with Crippen LogP contribution in [-0.2, 0) is 7.05 Å². The van der Waals surface area contributed by atoms with Crippen molar-refractivity contribution < 1.29 is 0 Å². The minimum Gasteiger partial charge on any atom is -0.307 e. The van der Waals surface area contributed by atoms with Crippen LogP contribution in [0.1, 0.15) is 5.56 Å². The summed E-state index contributed by atoms with van der Waals surface area (Å²) >= 11 is 6.58. The number of nitrogens with one attached hydrogen (secondary N) is 1. The summed E-state index contributed by atoms with van der Waals surface area (Å²) in [6, 6.07) is 13.1. The molecule has 5 rings (SSSR count). The van der Waals surface area contributed by atoms with Crippen LogP contribution in [0, 0.1) is 6.92 Å². The second kappa shape index (κ2) is 6.53. The van der Waals surface area contributed by atoms with Crippen molar-refractivity contribution >= 4 is 33.5 Å². The molecule has 29 heavy (non-hydrogen) atoms. The molecular weight excluding hydrogens is 386 g/mol. The first kappa shape index (κ1) is 17.6. The van der Waals surface area contributed by atoms with Gasteiger partial charge in [-0.05, 0) is 54.4 Å². The van der Waals surface area contributed by atoms with E-state index in [1.54, 1.807) is 16.9 Å². The lowest BCUT2D eigenvalue weighted by Crippen LogP contribution is -2.05. The van der Waals surface area contributed by atoms with E-state index in [2.05, 4.69) is 21.1 Å². The van der Waals surface area contributed by atoms with Gasteiger partial charge in [-0.1, -0.05) is 11.6 Å². The number of pyridine rings is 3. The summed E-state index contributed by atoms with van der Waals surface area (Å²) in [6.45, 7) is 2.03. The van der Waals surface area contributed by atoms with Crippen molar-refractivity contribution in [1.82, 2.24) is 24.7 Å². The molecule has 1 aromatic carbocycles. The van der Waals surface area contributed by atoms with Crippen molar-refractivity contribution in [3.05, 3.63) is 75.8 Å². The Hall–Kier alpha value is -3.51. The van der Waals surface area contributed by atoms with Crippen LogP contribution in [0.25, 0.3) is 44.5 Å². The van der Waals surface area contributed by atoms with Crippen LogP contribution in [0.3, 0.4) is 0 Å². The van der Waals surface area contributed by atoms with E-state index in [1.807, 2.05) is 44.4 Å². The van der Waals surface area contributed by atoms with Crippen LogP contribution in [0.5, 0.6) is 0 Å². The topological polar surface area (TPSA) is 76.5 Å². The molecule has 0 aliphatic carbocycles. The highest BCUT2D eigenvalue weighted by Gasteiger charge is 2.16. The number of aromatic amines is 1. The van der Waals surface area contributed by atoms with Crippen LogP contribution in [0.15, 0.2) is 59.7 Å². The first-order chi connectivity index (χ1) is 14.0. The Balaban J connectivity index is 1.86. The van der Waals surface area contributed by atoms with Gasteiger partial charge in [0, 0.05) is 41.8 Å². The maximum absolute atomic E-state index is 11.8.